The number of methoxy groups -OCH3 is 3. The fourth-order valence-electron chi connectivity index (χ4n) is 3.33. The molecule has 0 radical (unpaired) electrons. The summed E-state index contributed by atoms with van der Waals surface area (Å²) in [7, 11) is 4.68. The summed E-state index contributed by atoms with van der Waals surface area (Å²) < 4.78 is 16.5. The number of fused-ring (bicyclic) bond motifs is 1. The van der Waals surface area contributed by atoms with Crippen LogP contribution in [0.25, 0.3) is 0 Å². The van der Waals surface area contributed by atoms with Gasteiger partial charge < -0.3 is 19.5 Å². The summed E-state index contributed by atoms with van der Waals surface area (Å²) in [4.78, 5) is 15.0. The minimum absolute atomic E-state index is 0.152. The van der Waals surface area contributed by atoms with Gasteiger partial charge in [0.1, 0.15) is 5.75 Å². The van der Waals surface area contributed by atoms with Crippen LogP contribution in [0.1, 0.15) is 17.3 Å². The van der Waals surface area contributed by atoms with E-state index in [2.05, 4.69) is 5.32 Å². The quantitative estimate of drug-likeness (QED) is 0.846. The Hall–Kier alpha value is -2.57. The third kappa shape index (κ3) is 2.73. The van der Waals surface area contributed by atoms with Crippen molar-refractivity contribution >= 4 is 17.3 Å². The van der Waals surface area contributed by atoms with E-state index >= 15 is 0 Å². The Kier molecular flexibility index (Phi) is 4.65. The molecule has 0 bridgehead atoms. The molecule has 0 aliphatic carbocycles. The maximum Gasteiger partial charge on any atom is 0.262 e. The van der Waals surface area contributed by atoms with E-state index in [1.54, 1.807) is 32.3 Å². The number of para-hydroxylation sites is 3. The van der Waals surface area contributed by atoms with Gasteiger partial charge in [-0.2, -0.15) is 0 Å². The van der Waals surface area contributed by atoms with E-state index < -0.39 is 12.0 Å². The average Bonchev–Trinajstić information content (AvgIpc) is 2.63. The molecule has 1 heterocycles. The maximum atomic E-state index is 13.4. The number of anilines is 2. The average molecular weight is 342 g/mol. The van der Waals surface area contributed by atoms with Crippen LogP contribution < -0.4 is 15.0 Å². The Labute approximate surface area is 147 Å². The molecular formula is C19H22N2O4. The van der Waals surface area contributed by atoms with Gasteiger partial charge >= 0.3 is 0 Å². The van der Waals surface area contributed by atoms with Gasteiger partial charge in [-0.1, -0.05) is 24.3 Å². The first kappa shape index (κ1) is 17.3. The number of carbonyl (C=O) groups is 1. The summed E-state index contributed by atoms with van der Waals surface area (Å²) in [5, 5.41) is 3.41. The smallest absolute Gasteiger partial charge is 0.262 e. The summed E-state index contributed by atoms with van der Waals surface area (Å²) in [5.41, 5.74) is 0.986. The van der Waals surface area contributed by atoms with Crippen LogP contribution >= 0.6 is 0 Å². The van der Waals surface area contributed by atoms with Crippen LogP contribution in [0, 0.1) is 0 Å². The van der Waals surface area contributed by atoms with Gasteiger partial charge in [-0.15, -0.1) is 0 Å². The van der Waals surface area contributed by atoms with Crippen molar-refractivity contribution < 1.29 is 19.0 Å². The van der Waals surface area contributed by atoms with Crippen LogP contribution in [-0.2, 0) is 9.47 Å². The lowest BCUT2D eigenvalue weighted by Crippen LogP contribution is -2.65. The highest BCUT2D eigenvalue weighted by Gasteiger charge is 2.49. The summed E-state index contributed by atoms with van der Waals surface area (Å²) in [5.74, 6) is 0.440. The molecule has 132 valence electrons. The molecule has 0 aromatic heterocycles. The molecule has 0 unspecified atom stereocenters. The summed E-state index contributed by atoms with van der Waals surface area (Å²) >= 11 is 0. The molecule has 2 aromatic carbocycles. The van der Waals surface area contributed by atoms with Gasteiger partial charge in [-0.3, -0.25) is 9.69 Å². The van der Waals surface area contributed by atoms with E-state index in [0.29, 0.717) is 17.0 Å². The number of hydrogen-bond acceptors (Lipinski definition) is 5. The molecule has 0 saturated carbocycles. The SMILES string of the molecule is COc1ccccc1N1C(=O)c2ccccc2N[C@]1(C)C(OC)OC. The van der Waals surface area contributed by atoms with Crippen LogP contribution in [-0.4, -0.2) is 39.2 Å². The van der Waals surface area contributed by atoms with Crippen molar-refractivity contribution in [3.63, 3.8) is 0 Å². The minimum atomic E-state index is -0.969. The number of carbonyl (C=O) groups excluding carboxylic acids is 1. The van der Waals surface area contributed by atoms with Crippen LogP contribution in [0.4, 0.5) is 11.4 Å². The van der Waals surface area contributed by atoms with Gasteiger partial charge in [-0.25, -0.2) is 0 Å². The third-order valence-corrected chi connectivity index (χ3v) is 4.43. The predicted octanol–water partition coefficient (Wildman–Crippen LogP) is 3.10. The standard InChI is InChI=1S/C19H22N2O4/c1-19(18(24-3)25-4)20-14-10-6-5-9-13(14)17(22)21(19)15-11-7-8-12-16(15)23-2/h5-12,18,20H,1-4H3/t19-/m0/s1. The van der Waals surface area contributed by atoms with Crippen molar-refractivity contribution in [3.05, 3.63) is 54.1 Å². The molecule has 0 fully saturated rings. The fourth-order valence-corrected chi connectivity index (χ4v) is 3.33. The van der Waals surface area contributed by atoms with Crippen LogP contribution in [0.15, 0.2) is 48.5 Å². The van der Waals surface area contributed by atoms with Crippen molar-refractivity contribution in [1.29, 1.82) is 0 Å². The van der Waals surface area contributed by atoms with Crippen LogP contribution in [0.5, 0.6) is 5.75 Å². The van der Waals surface area contributed by atoms with Gasteiger partial charge in [0.15, 0.2) is 12.0 Å². The number of amides is 1. The molecule has 1 aliphatic rings. The third-order valence-electron chi connectivity index (χ3n) is 4.43. The number of ether oxygens (including phenoxy) is 3. The molecule has 25 heavy (non-hydrogen) atoms. The second-order valence-electron chi connectivity index (χ2n) is 5.93. The highest BCUT2D eigenvalue weighted by atomic mass is 16.7. The molecule has 1 N–H and O–H groups in total. The highest BCUT2D eigenvalue weighted by Crippen LogP contribution is 2.41. The van der Waals surface area contributed by atoms with Gasteiger partial charge in [-0.05, 0) is 31.2 Å². The lowest BCUT2D eigenvalue weighted by Gasteiger charge is -2.48. The zero-order chi connectivity index (χ0) is 18.0. The summed E-state index contributed by atoms with van der Waals surface area (Å²) in [6, 6.07) is 14.8. The second-order valence-corrected chi connectivity index (χ2v) is 5.93. The molecule has 2 aromatic rings. The predicted molar refractivity (Wildman–Crippen MR) is 96.1 cm³/mol. The lowest BCUT2D eigenvalue weighted by atomic mass is 9.98. The minimum Gasteiger partial charge on any atom is -0.495 e. The van der Waals surface area contributed by atoms with Crippen molar-refractivity contribution in [2.24, 2.45) is 0 Å². The molecule has 6 nitrogen and oxygen atoms in total. The highest BCUT2D eigenvalue weighted by molar-refractivity contribution is 6.13. The normalized spacial score (nSPS) is 19.6. The molecule has 1 amide bonds. The van der Waals surface area contributed by atoms with Gasteiger partial charge in [0.05, 0.1) is 18.4 Å². The number of benzene rings is 2. The number of rotatable bonds is 5. The van der Waals surface area contributed by atoms with Crippen molar-refractivity contribution in [2.45, 2.75) is 18.9 Å². The topological polar surface area (TPSA) is 60.0 Å². The number of nitrogens with one attached hydrogen (secondary N) is 1. The number of hydrogen-bond donors (Lipinski definition) is 1. The lowest BCUT2D eigenvalue weighted by molar-refractivity contribution is -0.135. The van der Waals surface area contributed by atoms with Gasteiger partial charge in [0, 0.05) is 19.9 Å². The molecule has 0 saturated heterocycles. The monoisotopic (exact) mass is 342 g/mol. The van der Waals surface area contributed by atoms with Crippen molar-refractivity contribution in [1.82, 2.24) is 0 Å². The van der Waals surface area contributed by atoms with E-state index in [4.69, 9.17) is 14.2 Å². The first-order valence-corrected chi connectivity index (χ1v) is 7.97. The van der Waals surface area contributed by atoms with Crippen molar-refractivity contribution in [2.75, 3.05) is 31.5 Å². The van der Waals surface area contributed by atoms with E-state index in [1.165, 1.54) is 0 Å². The fraction of sp³-hybridized carbons (Fsp3) is 0.316. The maximum absolute atomic E-state index is 13.4. The number of nitrogens with zero attached hydrogens (tertiary/aromatic N) is 1. The largest absolute Gasteiger partial charge is 0.495 e. The Balaban J connectivity index is 2.22. The zero-order valence-corrected chi connectivity index (χ0v) is 14.8. The van der Waals surface area contributed by atoms with Gasteiger partial charge in [0.25, 0.3) is 5.91 Å². The molecule has 1 aliphatic heterocycles. The molecule has 6 heteroatoms. The summed E-state index contributed by atoms with van der Waals surface area (Å²) in [6.45, 7) is 1.87. The molecule has 0 spiro atoms. The molecule has 1 atom stereocenters. The van der Waals surface area contributed by atoms with Crippen LogP contribution in [0.2, 0.25) is 0 Å². The molecule has 3 rings (SSSR count). The van der Waals surface area contributed by atoms with Crippen LogP contribution in [0.3, 0.4) is 0 Å². The Morgan fingerprint density at radius 3 is 2.32 bits per heavy atom. The first-order valence-electron chi connectivity index (χ1n) is 7.97. The van der Waals surface area contributed by atoms with Crippen molar-refractivity contribution in [3.8, 4) is 5.75 Å². The molecular weight excluding hydrogens is 320 g/mol. The second kappa shape index (κ2) is 6.74. The van der Waals surface area contributed by atoms with E-state index in [-0.39, 0.29) is 5.91 Å². The zero-order valence-electron chi connectivity index (χ0n) is 14.8. The first-order chi connectivity index (χ1) is 12.1. The van der Waals surface area contributed by atoms with E-state index in [0.717, 1.165) is 5.69 Å². The summed E-state index contributed by atoms with van der Waals surface area (Å²) in [6.07, 6.45) is -0.699. The Morgan fingerprint density at radius 2 is 1.64 bits per heavy atom. The van der Waals surface area contributed by atoms with Gasteiger partial charge in [0.2, 0.25) is 0 Å². The van der Waals surface area contributed by atoms with E-state index in [9.17, 15) is 4.79 Å². The Morgan fingerprint density at radius 1 is 1.00 bits per heavy atom. The Bertz CT molecular complexity index is 776. The van der Waals surface area contributed by atoms with E-state index in [1.807, 2.05) is 49.4 Å².